The van der Waals surface area contributed by atoms with Crippen molar-refractivity contribution >= 4 is 21.4 Å². The SMILES string of the molecule is Cc1ccccc1NC(=O)CN(C)Cc1c(C)nn([C@@H]2CCS(=O)(=O)C2)c1C. The summed E-state index contributed by atoms with van der Waals surface area (Å²) in [6.45, 7) is 6.71. The normalized spacial score (nSPS) is 18.5. The summed E-state index contributed by atoms with van der Waals surface area (Å²) in [6.07, 6.45) is 0.610. The highest BCUT2D eigenvalue weighted by atomic mass is 32.2. The van der Waals surface area contributed by atoms with Gasteiger partial charge in [0.25, 0.3) is 0 Å². The highest BCUT2D eigenvalue weighted by molar-refractivity contribution is 7.91. The standard InChI is InChI=1S/C20H28N4O3S/c1-14-7-5-6-8-19(14)21-20(25)12-23(4)11-18-15(2)22-24(16(18)3)17-9-10-28(26,27)13-17/h5-8,17H,9-13H2,1-4H3,(H,21,25)/t17-/m1/s1. The van der Waals surface area contributed by atoms with Gasteiger partial charge in [0.2, 0.25) is 5.91 Å². The van der Waals surface area contributed by atoms with Crippen LogP contribution in [0.5, 0.6) is 0 Å². The number of benzene rings is 1. The summed E-state index contributed by atoms with van der Waals surface area (Å²) in [6, 6.07) is 7.60. The van der Waals surface area contributed by atoms with Gasteiger partial charge >= 0.3 is 0 Å². The molecule has 0 spiro atoms. The van der Waals surface area contributed by atoms with Gasteiger partial charge in [-0.25, -0.2) is 8.42 Å². The summed E-state index contributed by atoms with van der Waals surface area (Å²) in [5.74, 6) is 0.314. The number of aromatic nitrogens is 2. The molecule has 1 aliphatic rings. The topological polar surface area (TPSA) is 84.3 Å². The highest BCUT2D eigenvalue weighted by Gasteiger charge is 2.31. The van der Waals surface area contributed by atoms with E-state index in [2.05, 4.69) is 10.4 Å². The van der Waals surface area contributed by atoms with E-state index in [9.17, 15) is 13.2 Å². The Kier molecular flexibility index (Phi) is 5.90. The molecule has 8 heteroatoms. The Labute approximate surface area is 166 Å². The molecular formula is C20H28N4O3S. The second-order valence-electron chi connectivity index (χ2n) is 7.69. The number of carbonyl (C=O) groups excluding carboxylic acids is 1. The van der Waals surface area contributed by atoms with E-state index in [4.69, 9.17) is 0 Å². The maximum atomic E-state index is 12.4. The van der Waals surface area contributed by atoms with Crippen LogP contribution in [0.15, 0.2) is 24.3 Å². The van der Waals surface area contributed by atoms with Crippen molar-refractivity contribution in [1.29, 1.82) is 0 Å². The number of amides is 1. The zero-order valence-corrected chi connectivity index (χ0v) is 17.7. The Morgan fingerprint density at radius 3 is 2.64 bits per heavy atom. The van der Waals surface area contributed by atoms with Gasteiger partial charge in [0, 0.05) is 23.5 Å². The fourth-order valence-electron chi connectivity index (χ4n) is 3.72. The third-order valence-corrected chi connectivity index (χ3v) is 7.04. The van der Waals surface area contributed by atoms with Gasteiger partial charge in [-0.15, -0.1) is 0 Å². The number of carbonyl (C=O) groups is 1. The smallest absolute Gasteiger partial charge is 0.238 e. The lowest BCUT2D eigenvalue weighted by Gasteiger charge is -2.18. The van der Waals surface area contributed by atoms with Gasteiger partial charge in [-0.05, 0) is 45.9 Å². The molecule has 0 radical (unpaired) electrons. The Morgan fingerprint density at radius 1 is 1.29 bits per heavy atom. The molecule has 0 aliphatic carbocycles. The van der Waals surface area contributed by atoms with Gasteiger partial charge in [-0.2, -0.15) is 5.10 Å². The molecule has 28 heavy (non-hydrogen) atoms. The molecule has 2 heterocycles. The molecule has 3 rings (SSSR count). The van der Waals surface area contributed by atoms with E-state index < -0.39 is 9.84 Å². The van der Waals surface area contributed by atoms with Crippen molar-refractivity contribution in [2.45, 2.75) is 39.8 Å². The van der Waals surface area contributed by atoms with Gasteiger partial charge in [0.1, 0.15) is 0 Å². The molecule has 2 aromatic rings. The van der Waals surface area contributed by atoms with Crippen molar-refractivity contribution in [1.82, 2.24) is 14.7 Å². The van der Waals surface area contributed by atoms with Crippen molar-refractivity contribution < 1.29 is 13.2 Å². The number of hydrogen-bond donors (Lipinski definition) is 1. The van der Waals surface area contributed by atoms with Crippen LogP contribution in [0, 0.1) is 20.8 Å². The number of nitrogens with one attached hydrogen (secondary N) is 1. The minimum atomic E-state index is -2.96. The Hall–Kier alpha value is -2.19. The van der Waals surface area contributed by atoms with Crippen molar-refractivity contribution in [3.05, 3.63) is 46.8 Å². The molecule has 1 aromatic carbocycles. The van der Waals surface area contributed by atoms with Gasteiger partial charge in [0.15, 0.2) is 9.84 Å². The fraction of sp³-hybridized carbons (Fsp3) is 0.500. The first-order valence-electron chi connectivity index (χ1n) is 9.45. The van der Waals surface area contributed by atoms with E-state index in [1.165, 1.54) is 0 Å². The van der Waals surface area contributed by atoms with Crippen LogP contribution in [0.1, 0.15) is 35.0 Å². The van der Waals surface area contributed by atoms with Crippen LogP contribution in [0.4, 0.5) is 5.69 Å². The van der Waals surface area contributed by atoms with E-state index in [0.29, 0.717) is 13.0 Å². The molecular weight excluding hydrogens is 376 g/mol. The summed E-state index contributed by atoms with van der Waals surface area (Å²) in [5, 5.41) is 7.54. The molecule has 152 valence electrons. The Balaban J connectivity index is 1.65. The maximum absolute atomic E-state index is 12.4. The lowest BCUT2D eigenvalue weighted by molar-refractivity contribution is -0.117. The molecule has 1 aromatic heterocycles. The first-order valence-corrected chi connectivity index (χ1v) is 11.3. The van der Waals surface area contributed by atoms with E-state index >= 15 is 0 Å². The molecule has 1 N–H and O–H groups in total. The van der Waals surface area contributed by atoms with E-state index in [0.717, 1.165) is 28.2 Å². The zero-order chi connectivity index (χ0) is 20.5. The van der Waals surface area contributed by atoms with Crippen LogP contribution in [0.2, 0.25) is 0 Å². The van der Waals surface area contributed by atoms with Crippen molar-refractivity contribution in [3.63, 3.8) is 0 Å². The minimum absolute atomic E-state index is 0.0682. The van der Waals surface area contributed by atoms with Gasteiger partial charge < -0.3 is 5.32 Å². The number of aryl methyl sites for hydroxylation is 2. The highest BCUT2D eigenvalue weighted by Crippen LogP contribution is 2.27. The second kappa shape index (κ2) is 8.05. The van der Waals surface area contributed by atoms with Crippen molar-refractivity contribution in [3.8, 4) is 0 Å². The van der Waals surface area contributed by atoms with Crippen LogP contribution >= 0.6 is 0 Å². The largest absolute Gasteiger partial charge is 0.325 e. The van der Waals surface area contributed by atoms with Crippen LogP contribution in [0.3, 0.4) is 0 Å². The Bertz CT molecular complexity index is 981. The Morgan fingerprint density at radius 2 is 2.00 bits per heavy atom. The third-order valence-electron chi connectivity index (χ3n) is 5.29. The predicted molar refractivity (Wildman–Crippen MR) is 110 cm³/mol. The van der Waals surface area contributed by atoms with Crippen LogP contribution in [-0.4, -0.2) is 54.1 Å². The van der Waals surface area contributed by atoms with Gasteiger partial charge in [0.05, 0.1) is 29.8 Å². The lowest BCUT2D eigenvalue weighted by atomic mass is 10.1. The number of anilines is 1. The summed E-state index contributed by atoms with van der Waals surface area (Å²) in [7, 11) is -1.06. The first kappa shape index (κ1) is 20.5. The summed E-state index contributed by atoms with van der Waals surface area (Å²) in [5.41, 5.74) is 4.76. The number of sulfone groups is 1. The molecule has 1 saturated heterocycles. The minimum Gasteiger partial charge on any atom is -0.325 e. The van der Waals surface area contributed by atoms with Crippen molar-refractivity contribution in [2.75, 3.05) is 30.4 Å². The van der Waals surface area contributed by atoms with Gasteiger partial charge in [-0.3, -0.25) is 14.4 Å². The van der Waals surface area contributed by atoms with E-state index in [-0.39, 0.29) is 30.0 Å². The van der Waals surface area contributed by atoms with Crippen LogP contribution < -0.4 is 5.32 Å². The number of hydrogen-bond acceptors (Lipinski definition) is 5. The zero-order valence-electron chi connectivity index (χ0n) is 16.9. The first-order chi connectivity index (χ1) is 13.2. The number of likely N-dealkylation sites (N-methyl/N-ethyl adjacent to an activating group) is 1. The van der Waals surface area contributed by atoms with Crippen LogP contribution in [0.25, 0.3) is 0 Å². The van der Waals surface area contributed by atoms with E-state index in [1.807, 2.05) is 61.7 Å². The number of para-hydroxylation sites is 1. The average molecular weight is 405 g/mol. The molecule has 1 amide bonds. The van der Waals surface area contributed by atoms with Crippen LogP contribution in [-0.2, 0) is 21.2 Å². The monoisotopic (exact) mass is 404 g/mol. The quantitative estimate of drug-likeness (QED) is 0.798. The molecule has 0 unspecified atom stereocenters. The molecule has 1 fully saturated rings. The molecule has 0 bridgehead atoms. The maximum Gasteiger partial charge on any atom is 0.238 e. The second-order valence-corrected chi connectivity index (χ2v) is 9.91. The molecule has 0 saturated carbocycles. The number of rotatable bonds is 6. The number of nitrogens with zero attached hydrogens (tertiary/aromatic N) is 3. The van der Waals surface area contributed by atoms with E-state index in [1.54, 1.807) is 0 Å². The molecule has 1 aliphatic heterocycles. The molecule has 7 nitrogen and oxygen atoms in total. The third kappa shape index (κ3) is 4.62. The summed E-state index contributed by atoms with van der Waals surface area (Å²) >= 11 is 0. The average Bonchev–Trinajstić information content (AvgIpc) is 3.10. The lowest BCUT2D eigenvalue weighted by Crippen LogP contribution is -2.30. The molecule has 1 atom stereocenters. The van der Waals surface area contributed by atoms with Crippen molar-refractivity contribution in [2.24, 2.45) is 0 Å². The predicted octanol–water partition coefficient (Wildman–Crippen LogP) is 2.24. The summed E-state index contributed by atoms with van der Waals surface area (Å²) < 4.78 is 25.5. The summed E-state index contributed by atoms with van der Waals surface area (Å²) in [4.78, 5) is 14.3. The fourth-order valence-corrected chi connectivity index (χ4v) is 5.42. The van der Waals surface area contributed by atoms with Gasteiger partial charge in [-0.1, -0.05) is 18.2 Å².